The predicted octanol–water partition coefficient (Wildman–Crippen LogP) is 2.03. The molecule has 0 aromatic carbocycles. The fraction of sp³-hybridized carbons (Fsp3) is 0.909. The SMILES string of the molecule is CC1(C)CN(C(=O)CCCCCl)CCO1. The van der Waals surface area contributed by atoms with E-state index in [1.165, 1.54) is 0 Å². The van der Waals surface area contributed by atoms with E-state index >= 15 is 0 Å². The lowest BCUT2D eigenvalue weighted by Crippen LogP contribution is -2.50. The number of halogens is 1. The number of alkyl halides is 1. The smallest absolute Gasteiger partial charge is 0.222 e. The molecule has 15 heavy (non-hydrogen) atoms. The molecule has 4 heteroatoms. The molecule has 1 fully saturated rings. The number of ether oxygens (including phenoxy) is 1. The van der Waals surface area contributed by atoms with Crippen molar-refractivity contribution in [2.24, 2.45) is 0 Å². The number of hydrogen-bond acceptors (Lipinski definition) is 2. The number of amides is 1. The molecule has 0 unspecified atom stereocenters. The summed E-state index contributed by atoms with van der Waals surface area (Å²) in [5.74, 6) is 0.874. The highest BCUT2D eigenvalue weighted by Gasteiger charge is 2.29. The molecule has 3 nitrogen and oxygen atoms in total. The molecule has 0 radical (unpaired) electrons. The fourth-order valence-electron chi connectivity index (χ4n) is 1.76. The summed E-state index contributed by atoms with van der Waals surface area (Å²) in [4.78, 5) is 13.7. The summed E-state index contributed by atoms with van der Waals surface area (Å²) >= 11 is 5.57. The Hall–Kier alpha value is -0.280. The fourth-order valence-corrected chi connectivity index (χ4v) is 1.95. The first-order valence-corrected chi connectivity index (χ1v) is 6.06. The van der Waals surface area contributed by atoms with Crippen LogP contribution in [-0.2, 0) is 9.53 Å². The highest BCUT2D eigenvalue weighted by molar-refractivity contribution is 6.17. The number of morpholine rings is 1. The van der Waals surface area contributed by atoms with E-state index in [9.17, 15) is 4.79 Å². The van der Waals surface area contributed by atoms with Gasteiger partial charge >= 0.3 is 0 Å². The van der Waals surface area contributed by atoms with Gasteiger partial charge < -0.3 is 9.64 Å². The average molecular weight is 234 g/mol. The van der Waals surface area contributed by atoms with Gasteiger partial charge in [-0.15, -0.1) is 11.6 Å². The molecule has 1 aliphatic rings. The van der Waals surface area contributed by atoms with Crippen LogP contribution in [0.2, 0.25) is 0 Å². The Bertz CT molecular complexity index is 219. The van der Waals surface area contributed by atoms with Crippen molar-refractivity contribution in [3.05, 3.63) is 0 Å². The topological polar surface area (TPSA) is 29.5 Å². The number of unbranched alkanes of at least 4 members (excludes halogenated alkanes) is 1. The zero-order valence-corrected chi connectivity index (χ0v) is 10.3. The number of carbonyl (C=O) groups excluding carboxylic acids is 1. The summed E-state index contributed by atoms with van der Waals surface area (Å²) in [6.45, 7) is 6.11. The zero-order valence-electron chi connectivity index (χ0n) is 9.59. The van der Waals surface area contributed by atoms with Gasteiger partial charge in [0.25, 0.3) is 0 Å². The lowest BCUT2D eigenvalue weighted by molar-refractivity contribution is -0.146. The summed E-state index contributed by atoms with van der Waals surface area (Å²) in [5.41, 5.74) is -0.194. The molecule has 1 heterocycles. The molecule has 88 valence electrons. The van der Waals surface area contributed by atoms with Crippen LogP contribution in [-0.4, -0.2) is 42.0 Å². The second-order valence-corrected chi connectivity index (χ2v) is 4.95. The molecule has 0 aromatic heterocycles. The van der Waals surface area contributed by atoms with Crippen molar-refractivity contribution in [2.75, 3.05) is 25.6 Å². The van der Waals surface area contributed by atoms with E-state index in [4.69, 9.17) is 16.3 Å². The first kappa shape index (κ1) is 12.8. The van der Waals surface area contributed by atoms with Gasteiger partial charge in [0.1, 0.15) is 0 Å². The predicted molar refractivity (Wildman–Crippen MR) is 61.2 cm³/mol. The lowest BCUT2D eigenvalue weighted by atomic mass is 10.1. The van der Waals surface area contributed by atoms with E-state index in [1.54, 1.807) is 0 Å². The van der Waals surface area contributed by atoms with Gasteiger partial charge in [0, 0.05) is 25.4 Å². The molecule has 1 rings (SSSR count). The molecule has 0 aromatic rings. The minimum Gasteiger partial charge on any atom is -0.372 e. The van der Waals surface area contributed by atoms with E-state index < -0.39 is 0 Å². The zero-order chi connectivity index (χ0) is 11.3. The highest BCUT2D eigenvalue weighted by atomic mass is 35.5. The lowest BCUT2D eigenvalue weighted by Gasteiger charge is -2.38. The third kappa shape index (κ3) is 4.39. The first-order valence-electron chi connectivity index (χ1n) is 5.53. The Balaban J connectivity index is 2.32. The van der Waals surface area contributed by atoms with Crippen molar-refractivity contribution in [1.82, 2.24) is 4.90 Å². The molecule has 0 N–H and O–H groups in total. The number of rotatable bonds is 4. The second kappa shape index (κ2) is 5.71. The molecule has 0 atom stereocenters. The van der Waals surface area contributed by atoms with Crippen molar-refractivity contribution in [3.63, 3.8) is 0 Å². The second-order valence-electron chi connectivity index (χ2n) is 4.57. The van der Waals surface area contributed by atoms with E-state index in [0.29, 0.717) is 25.5 Å². The molecule has 0 spiro atoms. The summed E-state index contributed by atoms with van der Waals surface area (Å²) in [5, 5.41) is 0. The number of hydrogen-bond donors (Lipinski definition) is 0. The molecule has 1 amide bonds. The van der Waals surface area contributed by atoms with Crippen LogP contribution < -0.4 is 0 Å². The average Bonchev–Trinajstić information content (AvgIpc) is 2.16. The van der Waals surface area contributed by atoms with E-state index in [-0.39, 0.29) is 11.5 Å². The molecular formula is C11H20ClNO2. The largest absolute Gasteiger partial charge is 0.372 e. The van der Waals surface area contributed by atoms with Crippen LogP contribution >= 0.6 is 11.6 Å². The summed E-state index contributed by atoms with van der Waals surface area (Å²) in [7, 11) is 0. The maximum atomic E-state index is 11.8. The van der Waals surface area contributed by atoms with Crippen LogP contribution in [0.15, 0.2) is 0 Å². The van der Waals surface area contributed by atoms with Gasteiger partial charge in [-0.3, -0.25) is 4.79 Å². The molecule has 0 saturated carbocycles. The van der Waals surface area contributed by atoms with Crippen LogP contribution in [0.3, 0.4) is 0 Å². The van der Waals surface area contributed by atoms with Gasteiger partial charge in [-0.25, -0.2) is 0 Å². The Labute approximate surface area is 96.7 Å². The molecule has 0 aliphatic carbocycles. The minimum atomic E-state index is -0.194. The standard InChI is InChI=1S/C11H20ClNO2/c1-11(2)9-13(7-8-15-11)10(14)5-3-4-6-12/h3-9H2,1-2H3. The van der Waals surface area contributed by atoms with Crippen LogP contribution in [0.1, 0.15) is 33.1 Å². The van der Waals surface area contributed by atoms with E-state index in [2.05, 4.69) is 0 Å². The molecule has 1 saturated heterocycles. The maximum absolute atomic E-state index is 11.8. The van der Waals surface area contributed by atoms with Gasteiger partial charge in [0.2, 0.25) is 5.91 Å². The van der Waals surface area contributed by atoms with Crippen LogP contribution in [0.4, 0.5) is 0 Å². The minimum absolute atomic E-state index is 0.194. The van der Waals surface area contributed by atoms with E-state index in [0.717, 1.165) is 19.4 Å². The molecular weight excluding hydrogens is 214 g/mol. The van der Waals surface area contributed by atoms with Crippen LogP contribution in [0, 0.1) is 0 Å². The number of carbonyl (C=O) groups is 1. The summed E-state index contributed by atoms with van der Waals surface area (Å²) < 4.78 is 5.56. The van der Waals surface area contributed by atoms with Gasteiger partial charge in [-0.2, -0.15) is 0 Å². The maximum Gasteiger partial charge on any atom is 0.222 e. The third-order valence-electron chi connectivity index (χ3n) is 2.55. The monoisotopic (exact) mass is 233 g/mol. The normalized spacial score (nSPS) is 20.3. The van der Waals surface area contributed by atoms with Gasteiger partial charge in [-0.1, -0.05) is 0 Å². The highest BCUT2D eigenvalue weighted by Crippen LogP contribution is 2.17. The third-order valence-corrected chi connectivity index (χ3v) is 2.82. The Kier molecular flexibility index (Phi) is 4.87. The first-order chi connectivity index (χ1) is 7.05. The van der Waals surface area contributed by atoms with Crippen molar-refractivity contribution in [1.29, 1.82) is 0 Å². The van der Waals surface area contributed by atoms with Crippen LogP contribution in [0.5, 0.6) is 0 Å². The van der Waals surface area contributed by atoms with Crippen LogP contribution in [0.25, 0.3) is 0 Å². The van der Waals surface area contributed by atoms with E-state index in [1.807, 2.05) is 18.7 Å². The summed E-state index contributed by atoms with van der Waals surface area (Å²) in [6, 6.07) is 0. The summed E-state index contributed by atoms with van der Waals surface area (Å²) in [6.07, 6.45) is 2.42. The van der Waals surface area contributed by atoms with Crippen molar-refractivity contribution >= 4 is 17.5 Å². The van der Waals surface area contributed by atoms with Crippen molar-refractivity contribution in [3.8, 4) is 0 Å². The van der Waals surface area contributed by atoms with Crippen molar-refractivity contribution in [2.45, 2.75) is 38.7 Å². The van der Waals surface area contributed by atoms with Crippen molar-refractivity contribution < 1.29 is 9.53 Å². The quantitative estimate of drug-likeness (QED) is 0.549. The Morgan fingerprint density at radius 3 is 2.80 bits per heavy atom. The van der Waals surface area contributed by atoms with Gasteiger partial charge in [0.15, 0.2) is 0 Å². The Morgan fingerprint density at radius 2 is 2.20 bits per heavy atom. The number of nitrogens with zero attached hydrogens (tertiary/aromatic N) is 1. The van der Waals surface area contributed by atoms with Gasteiger partial charge in [-0.05, 0) is 26.7 Å². The Morgan fingerprint density at radius 1 is 1.47 bits per heavy atom. The van der Waals surface area contributed by atoms with Gasteiger partial charge in [0.05, 0.1) is 12.2 Å². The molecule has 0 bridgehead atoms. The molecule has 1 aliphatic heterocycles.